The largest absolute Gasteiger partial charge is 0.459 e. The lowest BCUT2D eigenvalue weighted by Crippen LogP contribution is -2.60. The molecule has 0 amide bonds. The predicted molar refractivity (Wildman–Crippen MR) is 253 cm³/mol. The van der Waals surface area contributed by atoms with Crippen molar-refractivity contribution in [1.29, 1.82) is 0 Å². The summed E-state index contributed by atoms with van der Waals surface area (Å²) in [5, 5.41) is 66.1. The topological polar surface area (TPSA) is 192 Å². The maximum atomic E-state index is 14.6. The normalized spacial score (nSPS) is 41.6. The molecular weight excluding hydrogens is 847 g/mol. The molecule has 376 valence electrons. The van der Waals surface area contributed by atoms with E-state index in [-0.39, 0.29) is 37.3 Å². The summed E-state index contributed by atoms with van der Waals surface area (Å²) in [5.41, 5.74) is -3.30. The molecule has 0 unspecified atom stereocenters. The Balaban J connectivity index is 1.50. The molecule has 2 aromatic rings. The van der Waals surface area contributed by atoms with E-state index in [2.05, 4.69) is 40.5 Å². The number of methoxy groups -OCH3 is 1. The molecule has 0 bridgehead atoms. The Morgan fingerprint density at radius 2 is 1.59 bits per heavy atom. The molecule has 0 spiro atoms. The number of cyclic esters (lactones) is 1. The third kappa shape index (κ3) is 12.7. The summed E-state index contributed by atoms with van der Waals surface area (Å²) in [6.45, 7) is 20.3. The number of esters is 1. The average molecular weight is 932 g/mol. The van der Waals surface area contributed by atoms with E-state index in [0.29, 0.717) is 32.6 Å². The van der Waals surface area contributed by atoms with E-state index in [1.54, 1.807) is 34.6 Å². The van der Waals surface area contributed by atoms with Crippen LogP contribution in [0.25, 0.3) is 10.8 Å². The molecular formula is C51H85N3O12. The van der Waals surface area contributed by atoms with Crippen LogP contribution in [-0.2, 0) is 39.8 Å². The molecule has 6 N–H and O–H groups in total. The van der Waals surface area contributed by atoms with Crippen molar-refractivity contribution >= 4 is 16.7 Å². The fraction of sp³-hybridized carbons (Fsp3) is 0.784. The number of benzene rings is 2. The number of carbonyl (C=O) groups excluding carboxylic acids is 1. The molecule has 5 rings (SSSR count). The number of aliphatic hydroxyl groups is 5. The molecule has 3 fully saturated rings. The zero-order valence-corrected chi connectivity index (χ0v) is 42.1. The Bertz CT molecular complexity index is 1830. The first-order valence-electron chi connectivity index (χ1n) is 24.4. The second-order valence-corrected chi connectivity index (χ2v) is 20.9. The molecule has 0 radical (unpaired) electrons. The SMILES string of the molecule is CC[C@H]1OC(=O)[C@H](C)[C@@H](O[C@H]2C[C@@](C)(OC)[C@@H](O)[C@H](C)O2)[C@H](C)[C@@H](O[C@@H]2O[C@H](C)C[C@H](N(C)C)[C@H]2O)[C@](C)(O)C[C@@H](C)CN(CCCNCc2cccc3ccccc23)[C@H](C)[C@@H](O)[C@]1(C)O. The van der Waals surface area contributed by atoms with E-state index in [4.69, 9.17) is 28.4 Å². The number of fused-ring (bicyclic) bond motifs is 1. The standard InChI is InChI=1S/C51H85N3O12/c1-14-40-51(10,60)44(56)34(6)54(24-18-23-52-28-37-21-17-20-36-19-15-16-22-38(36)37)29-30(2)26-49(8,59)46(66-48-42(55)39(53(11)12)25-31(3)62-48)32(4)43(33(5)47(58)64-40)65-41-27-50(9,61-13)45(57)35(7)63-41/h15-17,19-22,30-35,39-46,48,52,55-57,59-60H,14,18,23-29H2,1-13H3/t30-,31-,32+,33-,34-,35+,39+,40-,41+,42-,43+,44-,45+,46-,48+,49-,50-,51-/m1/s1. The molecule has 3 aliphatic rings. The minimum Gasteiger partial charge on any atom is -0.459 e. The van der Waals surface area contributed by atoms with Gasteiger partial charge in [0.1, 0.15) is 30.0 Å². The van der Waals surface area contributed by atoms with Gasteiger partial charge in [0.15, 0.2) is 12.6 Å². The molecule has 2 aromatic carbocycles. The zero-order valence-electron chi connectivity index (χ0n) is 42.1. The predicted octanol–water partition coefficient (Wildman–Crippen LogP) is 4.60. The van der Waals surface area contributed by atoms with Crippen molar-refractivity contribution in [3.05, 3.63) is 48.0 Å². The first kappa shape index (κ1) is 54.6. The van der Waals surface area contributed by atoms with Crippen molar-refractivity contribution in [2.45, 2.75) is 198 Å². The van der Waals surface area contributed by atoms with Gasteiger partial charge in [-0.05, 0) is 124 Å². The van der Waals surface area contributed by atoms with Crippen molar-refractivity contribution in [2.24, 2.45) is 17.8 Å². The maximum Gasteiger partial charge on any atom is 0.311 e. The van der Waals surface area contributed by atoms with Crippen LogP contribution < -0.4 is 5.32 Å². The van der Waals surface area contributed by atoms with Crippen LogP contribution in [0, 0.1) is 17.8 Å². The van der Waals surface area contributed by atoms with Crippen LogP contribution in [-0.4, -0.2) is 172 Å². The van der Waals surface area contributed by atoms with Gasteiger partial charge in [-0.15, -0.1) is 0 Å². The highest BCUT2D eigenvalue weighted by atomic mass is 16.7. The molecule has 3 aliphatic heterocycles. The lowest BCUT2D eigenvalue weighted by Gasteiger charge is -2.48. The van der Waals surface area contributed by atoms with E-state index in [1.807, 2.05) is 58.8 Å². The summed E-state index contributed by atoms with van der Waals surface area (Å²) in [6, 6.07) is 13.8. The number of aliphatic hydroxyl groups excluding tert-OH is 3. The number of nitrogens with one attached hydrogen (secondary N) is 1. The van der Waals surface area contributed by atoms with Gasteiger partial charge in [-0.1, -0.05) is 63.2 Å². The van der Waals surface area contributed by atoms with Crippen molar-refractivity contribution in [2.75, 3.05) is 40.8 Å². The third-order valence-electron chi connectivity index (χ3n) is 15.0. The molecule has 0 saturated carbocycles. The minimum atomic E-state index is -1.86. The van der Waals surface area contributed by atoms with Gasteiger partial charge < -0.3 is 64.2 Å². The highest BCUT2D eigenvalue weighted by molar-refractivity contribution is 5.85. The Morgan fingerprint density at radius 3 is 2.26 bits per heavy atom. The zero-order chi connectivity index (χ0) is 48.9. The Kier molecular flexibility index (Phi) is 19.1. The molecule has 15 nitrogen and oxygen atoms in total. The van der Waals surface area contributed by atoms with Crippen LogP contribution in [0.5, 0.6) is 0 Å². The van der Waals surface area contributed by atoms with Crippen LogP contribution in [0.15, 0.2) is 42.5 Å². The summed E-state index contributed by atoms with van der Waals surface area (Å²) >= 11 is 0. The number of ether oxygens (including phenoxy) is 6. The van der Waals surface area contributed by atoms with Gasteiger partial charge in [0, 0.05) is 44.6 Å². The van der Waals surface area contributed by atoms with E-state index in [0.717, 1.165) is 6.42 Å². The smallest absolute Gasteiger partial charge is 0.311 e. The van der Waals surface area contributed by atoms with E-state index >= 15 is 0 Å². The Morgan fingerprint density at radius 1 is 0.909 bits per heavy atom. The van der Waals surface area contributed by atoms with Gasteiger partial charge in [-0.25, -0.2) is 0 Å². The fourth-order valence-electron chi connectivity index (χ4n) is 11.0. The lowest BCUT2D eigenvalue weighted by atomic mass is 9.77. The number of rotatable bonds is 13. The Hall–Kier alpha value is -2.35. The molecule has 3 saturated heterocycles. The van der Waals surface area contributed by atoms with Crippen LogP contribution in [0.4, 0.5) is 0 Å². The summed E-state index contributed by atoms with van der Waals surface area (Å²) in [7, 11) is 5.31. The van der Waals surface area contributed by atoms with Crippen molar-refractivity contribution in [3.63, 3.8) is 0 Å². The van der Waals surface area contributed by atoms with Gasteiger partial charge in [0.25, 0.3) is 0 Å². The van der Waals surface area contributed by atoms with Gasteiger partial charge in [0.2, 0.25) is 0 Å². The number of hydrogen-bond acceptors (Lipinski definition) is 15. The second kappa shape index (κ2) is 23.0. The molecule has 18 atom stereocenters. The number of likely N-dealkylation sites (N-methyl/N-ethyl adjacent to an activating group) is 1. The van der Waals surface area contributed by atoms with Crippen LogP contribution >= 0.6 is 0 Å². The van der Waals surface area contributed by atoms with Gasteiger partial charge in [-0.3, -0.25) is 9.69 Å². The number of hydrogen-bond donors (Lipinski definition) is 6. The maximum absolute atomic E-state index is 14.6. The lowest BCUT2D eigenvalue weighted by molar-refractivity contribution is -0.318. The highest BCUT2D eigenvalue weighted by Gasteiger charge is 2.53. The molecule has 15 heteroatoms. The third-order valence-corrected chi connectivity index (χ3v) is 15.0. The minimum absolute atomic E-state index is 0.121. The van der Waals surface area contributed by atoms with Crippen LogP contribution in [0.2, 0.25) is 0 Å². The van der Waals surface area contributed by atoms with Crippen molar-refractivity contribution in [3.8, 4) is 0 Å². The molecule has 0 aliphatic carbocycles. The van der Waals surface area contributed by atoms with Crippen LogP contribution in [0.1, 0.15) is 107 Å². The molecule has 3 heterocycles. The summed E-state index contributed by atoms with van der Waals surface area (Å²) in [5.74, 6) is -2.70. The fourth-order valence-corrected chi connectivity index (χ4v) is 11.0. The van der Waals surface area contributed by atoms with Gasteiger partial charge in [-0.2, -0.15) is 0 Å². The summed E-state index contributed by atoms with van der Waals surface area (Å²) in [6.07, 6.45) is -7.82. The Labute approximate surface area is 394 Å². The molecule has 66 heavy (non-hydrogen) atoms. The van der Waals surface area contributed by atoms with Crippen LogP contribution in [0.3, 0.4) is 0 Å². The monoisotopic (exact) mass is 932 g/mol. The average Bonchev–Trinajstić information content (AvgIpc) is 3.26. The quantitative estimate of drug-likeness (QED) is 0.121. The van der Waals surface area contributed by atoms with Gasteiger partial charge >= 0.3 is 5.97 Å². The first-order chi connectivity index (χ1) is 30.9. The second-order valence-electron chi connectivity index (χ2n) is 20.9. The molecule has 0 aromatic heterocycles. The van der Waals surface area contributed by atoms with Crippen molar-refractivity contribution < 1.29 is 58.7 Å². The van der Waals surface area contributed by atoms with E-state index < -0.39 is 96.0 Å². The van der Waals surface area contributed by atoms with E-state index in [9.17, 15) is 30.3 Å². The first-order valence-corrected chi connectivity index (χ1v) is 24.4. The highest BCUT2D eigenvalue weighted by Crippen LogP contribution is 2.40. The van der Waals surface area contributed by atoms with E-state index in [1.165, 1.54) is 30.4 Å². The van der Waals surface area contributed by atoms with Gasteiger partial charge in [0.05, 0.1) is 41.5 Å². The summed E-state index contributed by atoms with van der Waals surface area (Å²) < 4.78 is 38.2. The number of carbonyl (C=O) groups is 1. The number of nitrogens with zero attached hydrogens (tertiary/aromatic N) is 2. The summed E-state index contributed by atoms with van der Waals surface area (Å²) in [4.78, 5) is 18.6. The van der Waals surface area contributed by atoms with Crippen molar-refractivity contribution in [1.82, 2.24) is 15.1 Å².